The maximum atomic E-state index is 12.2. The van der Waals surface area contributed by atoms with Gasteiger partial charge in [0, 0.05) is 17.0 Å². The number of rotatable bonds is 6. The van der Waals surface area contributed by atoms with E-state index >= 15 is 0 Å². The minimum Gasteiger partial charge on any atom is -0.393 e. The molecule has 0 heterocycles. The van der Waals surface area contributed by atoms with Crippen LogP contribution in [0.4, 0.5) is 13.2 Å². The van der Waals surface area contributed by atoms with Gasteiger partial charge in [0.25, 0.3) is 5.91 Å². The van der Waals surface area contributed by atoms with E-state index in [-0.39, 0.29) is 28.0 Å². The molecule has 7 heteroatoms. The van der Waals surface area contributed by atoms with Gasteiger partial charge in [-0.25, -0.2) is 0 Å². The fourth-order valence-electron chi connectivity index (χ4n) is 2.10. The zero-order valence-corrected chi connectivity index (χ0v) is 13.5. The van der Waals surface area contributed by atoms with E-state index in [4.69, 9.17) is 0 Å². The van der Waals surface area contributed by atoms with Crippen LogP contribution in [0.2, 0.25) is 0 Å². The third-order valence-electron chi connectivity index (χ3n) is 2.93. The van der Waals surface area contributed by atoms with Crippen LogP contribution in [0.1, 0.15) is 37.6 Å². The van der Waals surface area contributed by atoms with Gasteiger partial charge in [0.15, 0.2) is 0 Å². The zero-order chi connectivity index (χ0) is 17.0. The molecule has 1 aromatic carbocycles. The van der Waals surface area contributed by atoms with Crippen molar-refractivity contribution >= 4 is 17.7 Å². The second-order valence-corrected chi connectivity index (χ2v) is 7.11. The third-order valence-corrected chi connectivity index (χ3v) is 3.66. The molecule has 1 amide bonds. The first kappa shape index (κ1) is 18.8. The summed E-state index contributed by atoms with van der Waals surface area (Å²) in [6.07, 6.45) is 0.0691. The van der Waals surface area contributed by atoms with Crippen molar-refractivity contribution in [3.8, 4) is 0 Å². The average Bonchev–Trinajstić information content (AvgIpc) is 2.33. The second kappa shape index (κ2) is 7.37. The summed E-state index contributed by atoms with van der Waals surface area (Å²) in [7, 11) is 0. The van der Waals surface area contributed by atoms with Gasteiger partial charge in [-0.1, -0.05) is 13.8 Å². The van der Waals surface area contributed by atoms with E-state index in [9.17, 15) is 23.1 Å². The molecule has 0 aliphatic heterocycles. The molecule has 0 bridgehead atoms. The summed E-state index contributed by atoms with van der Waals surface area (Å²) in [5.74, 6) is -0.345. The smallest absolute Gasteiger partial charge is 0.393 e. The molecular weight excluding hydrogens is 315 g/mol. The largest absolute Gasteiger partial charge is 0.446 e. The monoisotopic (exact) mass is 335 g/mol. The topological polar surface area (TPSA) is 49.3 Å². The van der Waals surface area contributed by atoms with Crippen molar-refractivity contribution in [2.24, 2.45) is 5.41 Å². The number of carbonyl (C=O) groups excluding carboxylic acids is 1. The number of aliphatic hydroxyl groups excluding tert-OH is 1. The Labute approximate surface area is 132 Å². The number of thioether (sulfide) groups is 1. The summed E-state index contributed by atoms with van der Waals surface area (Å²) in [5, 5.41) is 12.1. The van der Waals surface area contributed by atoms with Crippen LogP contribution in [0.15, 0.2) is 29.2 Å². The van der Waals surface area contributed by atoms with Crippen LogP contribution < -0.4 is 5.32 Å². The summed E-state index contributed by atoms with van der Waals surface area (Å²) in [6.45, 7) is 5.89. The van der Waals surface area contributed by atoms with Crippen molar-refractivity contribution in [3.63, 3.8) is 0 Å². The molecule has 0 saturated heterocycles. The van der Waals surface area contributed by atoms with Crippen LogP contribution in [0.5, 0.6) is 0 Å². The Hall–Kier alpha value is -1.21. The molecule has 0 aromatic heterocycles. The molecular formula is C15H20F3NO2S. The Morgan fingerprint density at radius 2 is 1.82 bits per heavy atom. The van der Waals surface area contributed by atoms with Crippen LogP contribution in [-0.2, 0) is 0 Å². The molecule has 0 fully saturated rings. The molecule has 0 spiro atoms. The number of amides is 1. The minimum absolute atomic E-state index is 0.0403. The fourth-order valence-corrected chi connectivity index (χ4v) is 2.64. The minimum atomic E-state index is -4.34. The zero-order valence-electron chi connectivity index (χ0n) is 12.7. The predicted octanol–water partition coefficient (Wildman–Crippen LogP) is 3.83. The maximum Gasteiger partial charge on any atom is 0.446 e. The number of hydrogen-bond donors (Lipinski definition) is 2. The first-order valence-electron chi connectivity index (χ1n) is 6.81. The van der Waals surface area contributed by atoms with E-state index in [2.05, 4.69) is 5.32 Å². The van der Waals surface area contributed by atoms with Crippen molar-refractivity contribution in [2.45, 2.75) is 43.7 Å². The Morgan fingerprint density at radius 1 is 1.27 bits per heavy atom. The van der Waals surface area contributed by atoms with Crippen molar-refractivity contribution in [1.82, 2.24) is 5.32 Å². The van der Waals surface area contributed by atoms with Gasteiger partial charge in [-0.05, 0) is 54.8 Å². The lowest BCUT2D eigenvalue weighted by atomic mass is 9.87. The van der Waals surface area contributed by atoms with E-state index in [1.165, 1.54) is 24.3 Å². The predicted molar refractivity (Wildman–Crippen MR) is 80.8 cm³/mol. The van der Waals surface area contributed by atoms with Crippen molar-refractivity contribution < 1.29 is 23.1 Å². The van der Waals surface area contributed by atoms with Crippen LogP contribution in [-0.4, -0.2) is 29.2 Å². The van der Waals surface area contributed by atoms with Gasteiger partial charge in [0.05, 0.1) is 6.10 Å². The van der Waals surface area contributed by atoms with Crippen molar-refractivity contribution in [3.05, 3.63) is 29.8 Å². The van der Waals surface area contributed by atoms with Crippen molar-refractivity contribution in [2.75, 3.05) is 6.54 Å². The van der Waals surface area contributed by atoms with Gasteiger partial charge in [0.2, 0.25) is 0 Å². The first-order chi connectivity index (χ1) is 9.98. The molecule has 0 radical (unpaired) electrons. The molecule has 0 saturated carbocycles. The van der Waals surface area contributed by atoms with E-state index in [1.807, 2.05) is 13.8 Å². The van der Waals surface area contributed by atoms with Gasteiger partial charge < -0.3 is 10.4 Å². The highest BCUT2D eigenvalue weighted by atomic mass is 32.2. The van der Waals surface area contributed by atoms with Crippen molar-refractivity contribution in [1.29, 1.82) is 0 Å². The highest BCUT2D eigenvalue weighted by molar-refractivity contribution is 8.00. The first-order valence-corrected chi connectivity index (χ1v) is 7.62. The van der Waals surface area contributed by atoms with E-state index < -0.39 is 11.6 Å². The van der Waals surface area contributed by atoms with Crippen LogP contribution >= 0.6 is 11.8 Å². The Morgan fingerprint density at radius 3 is 2.27 bits per heavy atom. The molecule has 1 aromatic rings. The highest BCUT2D eigenvalue weighted by Gasteiger charge is 2.29. The van der Waals surface area contributed by atoms with E-state index in [0.717, 1.165) is 0 Å². The lowest BCUT2D eigenvalue weighted by Gasteiger charge is -2.26. The van der Waals surface area contributed by atoms with Gasteiger partial charge in [0.1, 0.15) is 0 Å². The Kier molecular flexibility index (Phi) is 6.31. The summed E-state index contributed by atoms with van der Waals surface area (Å²) < 4.78 is 36.7. The van der Waals surface area contributed by atoms with Gasteiger partial charge in [-0.2, -0.15) is 13.2 Å². The summed E-state index contributed by atoms with van der Waals surface area (Å²) in [4.78, 5) is 12.0. The molecule has 1 unspecified atom stereocenters. The second-order valence-electron chi connectivity index (χ2n) is 5.97. The molecule has 2 N–H and O–H groups in total. The quantitative estimate of drug-likeness (QED) is 0.777. The van der Waals surface area contributed by atoms with Crippen LogP contribution in [0.25, 0.3) is 0 Å². The summed E-state index contributed by atoms with van der Waals surface area (Å²) in [6, 6.07) is 5.28. The molecule has 1 rings (SSSR count). The number of halogens is 3. The Balaban J connectivity index is 2.59. The van der Waals surface area contributed by atoms with Gasteiger partial charge in [-0.15, -0.1) is 0 Å². The molecule has 22 heavy (non-hydrogen) atoms. The number of hydrogen-bond acceptors (Lipinski definition) is 3. The molecule has 124 valence electrons. The number of carbonyl (C=O) groups is 1. The normalized spacial score (nSPS) is 13.8. The lowest BCUT2D eigenvalue weighted by Crippen LogP contribution is -2.35. The number of nitrogens with one attached hydrogen (secondary N) is 1. The van der Waals surface area contributed by atoms with E-state index in [1.54, 1.807) is 6.92 Å². The lowest BCUT2D eigenvalue weighted by molar-refractivity contribution is -0.0328. The van der Waals surface area contributed by atoms with Gasteiger partial charge in [-0.3, -0.25) is 4.79 Å². The van der Waals surface area contributed by atoms with Crippen LogP contribution in [0, 0.1) is 5.41 Å². The molecule has 0 aliphatic carbocycles. The standard InChI is InChI=1S/C15H20F3NO2S/c1-10(20)8-14(2,3)9-19-13(21)11-4-6-12(7-5-11)22-15(16,17)18/h4-7,10,20H,8-9H2,1-3H3,(H,19,21). The molecule has 3 nitrogen and oxygen atoms in total. The highest BCUT2D eigenvalue weighted by Crippen LogP contribution is 2.36. The average molecular weight is 335 g/mol. The number of aliphatic hydroxyl groups is 1. The van der Waals surface area contributed by atoms with Gasteiger partial charge >= 0.3 is 5.51 Å². The number of alkyl halides is 3. The van der Waals surface area contributed by atoms with E-state index in [0.29, 0.717) is 18.5 Å². The van der Waals surface area contributed by atoms with Crippen LogP contribution in [0.3, 0.4) is 0 Å². The SMILES string of the molecule is CC(O)CC(C)(C)CNC(=O)c1ccc(SC(F)(F)F)cc1. The summed E-state index contributed by atoms with van der Waals surface area (Å²) in [5.41, 5.74) is -4.30. The molecule has 0 aliphatic rings. The Bertz CT molecular complexity index is 499. The fraction of sp³-hybridized carbons (Fsp3) is 0.533. The molecule has 1 atom stereocenters. The third kappa shape index (κ3) is 7.17. The maximum absolute atomic E-state index is 12.2. The summed E-state index contributed by atoms with van der Waals surface area (Å²) >= 11 is -0.214. The number of benzene rings is 1.